The lowest BCUT2D eigenvalue weighted by atomic mass is 9.76. The maximum absolute atomic E-state index is 4.04. The van der Waals surface area contributed by atoms with Crippen molar-refractivity contribution >= 4 is 16.7 Å². The Labute approximate surface area is 289 Å². The van der Waals surface area contributed by atoms with Gasteiger partial charge in [-0.05, 0) is 88.3 Å². The number of hydrogen-bond donors (Lipinski definition) is 1. The molecular weight excluding hydrogens is 565 g/mol. The van der Waals surface area contributed by atoms with Crippen molar-refractivity contribution in [3.63, 3.8) is 0 Å². The Morgan fingerprint density at radius 2 is 1.51 bits per heavy atom. The molecule has 0 amide bonds. The molecule has 0 spiro atoms. The van der Waals surface area contributed by atoms with E-state index in [1.165, 1.54) is 89.7 Å². The van der Waals surface area contributed by atoms with E-state index in [9.17, 15) is 0 Å². The van der Waals surface area contributed by atoms with Crippen LogP contribution in [0.5, 0.6) is 0 Å². The molecule has 1 heterocycles. The number of likely N-dealkylation sites (tertiary alicyclic amines) is 1. The van der Waals surface area contributed by atoms with Crippen molar-refractivity contribution in [2.24, 2.45) is 17.3 Å². The van der Waals surface area contributed by atoms with Gasteiger partial charge in [-0.1, -0.05) is 142 Å². The van der Waals surface area contributed by atoms with Crippen molar-refractivity contribution < 1.29 is 4.48 Å². The predicted molar refractivity (Wildman–Crippen MR) is 214 cm³/mol. The summed E-state index contributed by atoms with van der Waals surface area (Å²) in [6.07, 6.45) is 9.26. The van der Waals surface area contributed by atoms with Crippen molar-refractivity contribution in [1.82, 2.24) is 5.32 Å². The molecule has 0 saturated carbocycles. The smallest absolute Gasteiger partial charge is 0.0840 e. The third-order valence-electron chi connectivity index (χ3n) is 7.25. The average Bonchev–Trinajstić information content (AvgIpc) is 2.93. The zero-order valence-electron chi connectivity index (χ0n) is 33.5. The van der Waals surface area contributed by atoms with E-state index >= 15 is 0 Å². The number of rotatable bonds is 12. The summed E-state index contributed by atoms with van der Waals surface area (Å²) in [5, 5.41) is 5.40. The Kier molecular flexibility index (Phi) is 29.7. The van der Waals surface area contributed by atoms with Gasteiger partial charge in [0.15, 0.2) is 0 Å². The molecule has 3 heteroatoms. The van der Waals surface area contributed by atoms with Gasteiger partial charge in [0.2, 0.25) is 0 Å². The third-order valence-corrected chi connectivity index (χ3v) is 8.29. The lowest BCUT2D eigenvalue weighted by molar-refractivity contribution is -0.902. The van der Waals surface area contributed by atoms with Crippen molar-refractivity contribution in [2.75, 3.05) is 33.7 Å². The van der Waals surface area contributed by atoms with Gasteiger partial charge in [0.05, 0.1) is 27.2 Å². The molecule has 1 aromatic carbocycles. The summed E-state index contributed by atoms with van der Waals surface area (Å²) in [7, 11) is 4.69. The Morgan fingerprint density at radius 1 is 0.978 bits per heavy atom. The molecule has 1 fully saturated rings. The summed E-state index contributed by atoms with van der Waals surface area (Å²) in [6, 6.07) is 9.26. The molecule has 0 aliphatic carbocycles. The van der Waals surface area contributed by atoms with E-state index in [0.29, 0.717) is 11.5 Å². The van der Waals surface area contributed by atoms with Gasteiger partial charge in [-0.15, -0.1) is 6.58 Å². The van der Waals surface area contributed by atoms with E-state index in [1.807, 2.05) is 19.3 Å². The van der Waals surface area contributed by atoms with Gasteiger partial charge in [-0.25, -0.2) is 0 Å². The first-order chi connectivity index (χ1) is 20.9. The zero-order chi connectivity index (χ0) is 35.6. The summed E-state index contributed by atoms with van der Waals surface area (Å²) >= 11 is 1.69. The van der Waals surface area contributed by atoms with Crippen LogP contribution in [0.3, 0.4) is 0 Å². The highest BCUT2D eigenvalue weighted by atomic mass is 32.2. The van der Waals surface area contributed by atoms with E-state index < -0.39 is 0 Å². The number of thioether (sulfide) groups is 1. The Bertz CT molecular complexity index is 887. The van der Waals surface area contributed by atoms with Crippen LogP contribution < -0.4 is 5.32 Å². The van der Waals surface area contributed by atoms with Crippen LogP contribution in [0, 0.1) is 17.3 Å². The maximum atomic E-state index is 4.04. The van der Waals surface area contributed by atoms with Gasteiger partial charge in [-0.2, -0.15) is 0 Å². The highest BCUT2D eigenvalue weighted by Crippen LogP contribution is 2.36. The van der Waals surface area contributed by atoms with Crippen LogP contribution in [0.4, 0.5) is 0 Å². The molecule has 2 unspecified atom stereocenters. The molecule has 45 heavy (non-hydrogen) atoms. The molecule has 2 atom stereocenters. The fraction of sp³-hybridized carbons (Fsp3) is 0.714. The number of allylic oxidation sites excluding steroid dienone is 2. The van der Waals surface area contributed by atoms with E-state index in [1.54, 1.807) is 11.8 Å². The minimum absolute atomic E-state index is 0.413. The second kappa shape index (κ2) is 27.8. The number of nitrogens with zero attached hydrogens (tertiary/aromatic N) is 1. The standard InChI is InChI=1S/C17H25NS.C12H24N.C7H16.C4H10.C2H6/c1-6-12-18-14(5)15-8-10-16(11-9-15)17(13(3)4)19-7-2;1-11(2)9-12(3)7-6-8-13(4,5)10-12;1-4-5-6-7(2)3;1-4(2)3;1-2/h7-11,14,18H,2,6,12H2,1,3-5H3;1,6-10H2,2-5H3;7H,4-6H2,1-3H3;4H,1-3H3;1-2H3/q;+1;;;. The van der Waals surface area contributed by atoms with Crippen LogP contribution in [0.25, 0.3) is 4.91 Å². The molecule has 2 nitrogen and oxygen atoms in total. The average molecular weight is 646 g/mol. The first kappa shape index (κ1) is 48.1. The minimum Gasteiger partial charge on any atom is -0.328 e. The minimum atomic E-state index is 0.413. The SMILES string of the molecule is C=C(C)CC1(C)CCC[N+](C)(C)C1.C=CSC(=C(C)C)c1ccc(C(C)NCCC)cc1.CC.CC(C)C.CCCCC(C)C. The number of piperidine rings is 1. The fourth-order valence-corrected chi connectivity index (χ4v) is 6.24. The summed E-state index contributed by atoms with van der Waals surface area (Å²) in [5.41, 5.74) is 5.79. The van der Waals surface area contributed by atoms with Crippen LogP contribution >= 0.6 is 11.8 Å². The topological polar surface area (TPSA) is 12.0 Å². The second-order valence-corrected chi connectivity index (χ2v) is 16.0. The molecule has 2 rings (SSSR count). The normalized spacial score (nSPS) is 17.1. The molecule has 0 aromatic heterocycles. The molecule has 1 N–H and O–H groups in total. The molecule has 0 radical (unpaired) electrons. The van der Waals surface area contributed by atoms with E-state index in [0.717, 1.165) is 18.4 Å². The highest BCUT2D eigenvalue weighted by molar-refractivity contribution is 8.10. The van der Waals surface area contributed by atoms with Gasteiger partial charge in [0, 0.05) is 16.4 Å². The second-order valence-electron chi connectivity index (χ2n) is 15.0. The molecule has 264 valence electrons. The Balaban J connectivity index is -0.000000584. The number of hydrogen-bond acceptors (Lipinski definition) is 2. The number of unbranched alkanes of at least 4 members (excludes halogenated alkanes) is 1. The first-order valence-corrected chi connectivity index (χ1v) is 19.1. The molecule has 1 aromatic rings. The summed E-state index contributed by atoms with van der Waals surface area (Å²) < 4.78 is 1.18. The fourth-order valence-electron chi connectivity index (χ4n) is 5.57. The Hall–Kier alpha value is -1.29. The molecular formula is C42H81N2S+. The Morgan fingerprint density at radius 3 is 1.87 bits per heavy atom. The van der Waals surface area contributed by atoms with Gasteiger partial charge < -0.3 is 9.80 Å². The molecule has 1 aliphatic heterocycles. The van der Waals surface area contributed by atoms with Crippen LogP contribution in [-0.4, -0.2) is 38.2 Å². The van der Waals surface area contributed by atoms with Crippen LogP contribution in [0.2, 0.25) is 0 Å². The number of nitrogens with one attached hydrogen (secondary N) is 1. The van der Waals surface area contributed by atoms with Crippen LogP contribution in [0.1, 0.15) is 159 Å². The summed E-state index contributed by atoms with van der Waals surface area (Å²) in [4.78, 5) is 1.30. The maximum Gasteiger partial charge on any atom is 0.0840 e. The molecule has 1 saturated heterocycles. The lowest BCUT2D eigenvalue weighted by Crippen LogP contribution is -2.51. The number of benzene rings is 1. The van der Waals surface area contributed by atoms with E-state index in [4.69, 9.17) is 0 Å². The van der Waals surface area contributed by atoms with Crippen molar-refractivity contribution in [3.05, 3.63) is 65.1 Å². The molecule has 0 bridgehead atoms. The van der Waals surface area contributed by atoms with Crippen LogP contribution in [0.15, 0.2) is 54.0 Å². The van der Waals surface area contributed by atoms with Gasteiger partial charge in [0.25, 0.3) is 0 Å². The lowest BCUT2D eigenvalue weighted by Gasteiger charge is -2.44. The van der Waals surface area contributed by atoms with Gasteiger partial charge in [-0.3, -0.25) is 0 Å². The zero-order valence-corrected chi connectivity index (χ0v) is 34.3. The summed E-state index contributed by atoms with van der Waals surface area (Å²) in [6.45, 7) is 42.1. The monoisotopic (exact) mass is 646 g/mol. The predicted octanol–water partition coefficient (Wildman–Crippen LogP) is 13.7. The first-order valence-electron chi connectivity index (χ1n) is 18.2. The van der Waals surface area contributed by atoms with Crippen molar-refractivity contribution in [1.29, 1.82) is 0 Å². The van der Waals surface area contributed by atoms with E-state index in [-0.39, 0.29) is 0 Å². The highest BCUT2D eigenvalue weighted by Gasteiger charge is 2.36. The van der Waals surface area contributed by atoms with Crippen LogP contribution in [-0.2, 0) is 0 Å². The quantitative estimate of drug-likeness (QED) is 0.179. The van der Waals surface area contributed by atoms with E-state index in [2.05, 4.69) is 140 Å². The molecule has 1 aliphatic rings. The summed E-state index contributed by atoms with van der Waals surface area (Å²) in [5.74, 6) is 1.74. The van der Waals surface area contributed by atoms with Gasteiger partial charge >= 0.3 is 0 Å². The van der Waals surface area contributed by atoms with Crippen molar-refractivity contribution in [3.8, 4) is 0 Å². The third kappa shape index (κ3) is 27.5. The van der Waals surface area contributed by atoms with Gasteiger partial charge in [0.1, 0.15) is 0 Å². The van der Waals surface area contributed by atoms with Crippen molar-refractivity contribution in [2.45, 2.75) is 148 Å². The largest absolute Gasteiger partial charge is 0.328 e. The number of quaternary nitrogens is 1.